The smallest absolute Gasteiger partial charge is 0.267 e. The summed E-state index contributed by atoms with van der Waals surface area (Å²) in [5.74, 6) is 2.25. The van der Waals surface area contributed by atoms with Crippen molar-refractivity contribution < 1.29 is 4.79 Å². The number of thiophene rings is 1. The molecule has 27 heavy (non-hydrogen) atoms. The summed E-state index contributed by atoms with van der Waals surface area (Å²) in [6, 6.07) is 14.2. The number of aryl methyl sites for hydroxylation is 1. The van der Waals surface area contributed by atoms with Crippen LogP contribution in [0.25, 0.3) is 10.1 Å². The highest BCUT2D eigenvalue weighted by atomic mass is 35.5. The van der Waals surface area contributed by atoms with Gasteiger partial charge in [0.2, 0.25) is 0 Å². The van der Waals surface area contributed by atoms with Gasteiger partial charge in [-0.05, 0) is 30.2 Å². The molecule has 0 radical (unpaired) electrons. The number of rotatable bonds is 4. The number of carbonyl (C=O) groups is 1. The molecule has 3 aromatic rings. The van der Waals surface area contributed by atoms with Gasteiger partial charge in [0.05, 0.1) is 5.02 Å². The second-order valence-electron chi connectivity index (χ2n) is 6.73. The molecule has 1 amide bonds. The number of fused-ring (bicyclic) bond motifs is 1. The summed E-state index contributed by atoms with van der Waals surface area (Å²) in [6.45, 7) is 5.19. The van der Waals surface area contributed by atoms with Crippen LogP contribution in [0.3, 0.4) is 0 Å². The number of thioether (sulfide) groups is 1. The van der Waals surface area contributed by atoms with Crippen LogP contribution in [0.5, 0.6) is 0 Å². The van der Waals surface area contributed by atoms with E-state index < -0.39 is 0 Å². The first kappa shape index (κ1) is 18.8. The fourth-order valence-electron chi connectivity index (χ4n) is 3.26. The van der Waals surface area contributed by atoms with Crippen molar-refractivity contribution in [2.45, 2.75) is 13.5 Å². The van der Waals surface area contributed by atoms with Crippen molar-refractivity contribution in [2.75, 3.05) is 29.9 Å². The van der Waals surface area contributed by atoms with E-state index in [-0.39, 0.29) is 5.91 Å². The van der Waals surface area contributed by atoms with Gasteiger partial charge in [-0.25, -0.2) is 0 Å². The minimum atomic E-state index is -0.143. The van der Waals surface area contributed by atoms with Crippen LogP contribution in [0, 0.1) is 6.92 Å². The molecule has 0 atom stereocenters. The van der Waals surface area contributed by atoms with Gasteiger partial charge in [-0.3, -0.25) is 9.69 Å². The van der Waals surface area contributed by atoms with Crippen LogP contribution in [0.15, 0.2) is 42.5 Å². The molecule has 2 aromatic carbocycles. The van der Waals surface area contributed by atoms with E-state index in [2.05, 4.69) is 28.4 Å². The van der Waals surface area contributed by atoms with Gasteiger partial charge in [-0.15, -0.1) is 11.3 Å². The largest absolute Gasteiger partial charge is 0.321 e. The Labute approximate surface area is 172 Å². The monoisotopic (exact) mass is 416 g/mol. The molecule has 0 bridgehead atoms. The first-order valence-electron chi connectivity index (χ1n) is 9.00. The van der Waals surface area contributed by atoms with Gasteiger partial charge in [0.1, 0.15) is 4.88 Å². The third-order valence-electron chi connectivity index (χ3n) is 4.80. The van der Waals surface area contributed by atoms with Gasteiger partial charge in [-0.1, -0.05) is 41.9 Å². The van der Waals surface area contributed by atoms with Crippen LogP contribution >= 0.6 is 34.7 Å². The third kappa shape index (κ3) is 4.16. The molecule has 0 unspecified atom stereocenters. The van der Waals surface area contributed by atoms with Gasteiger partial charge >= 0.3 is 0 Å². The Hall–Kier alpha value is -1.53. The zero-order chi connectivity index (χ0) is 18.8. The Kier molecular flexibility index (Phi) is 5.74. The molecule has 0 saturated carbocycles. The molecule has 0 spiro atoms. The van der Waals surface area contributed by atoms with Crippen LogP contribution in [0.1, 0.15) is 20.8 Å². The predicted molar refractivity (Wildman–Crippen MR) is 119 cm³/mol. The lowest BCUT2D eigenvalue weighted by Gasteiger charge is -2.26. The molecule has 1 aromatic heterocycles. The highest BCUT2D eigenvalue weighted by Crippen LogP contribution is 2.35. The molecule has 6 heteroatoms. The fourth-order valence-corrected chi connectivity index (χ4v) is 5.65. The quantitative estimate of drug-likeness (QED) is 0.595. The Morgan fingerprint density at radius 2 is 1.96 bits per heavy atom. The lowest BCUT2D eigenvalue weighted by atomic mass is 10.1. The molecule has 0 aliphatic carbocycles. The Bertz CT molecular complexity index is 979. The van der Waals surface area contributed by atoms with Crippen molar-refractivity contribution in [1.82, 2.24) is 4.90 Å². The normalized spacial score (nSPS) is 15.2. The summed E-state index contributed by atoms with van der Waals surface area (Å²) in [4.78, 5) is 15.9. The fraction of sp³-hybridized carbons (Fsp3) is 0.286. The van der Waals surface area contributed by atoms with Gasteiger partial charge in [-0.2, -0.15) is 11.8 Å². The second-order valence-corrected chi connectivity index (χ2v) is 9.39. The third-order valence-corrected chi connectivity index (χ3v) is 7.42. The molecule has 4 rings (SSSR count). The first-order chi connectivity index (χ1) is 13.1. The molecule has 140 valence electrons. The molecule has 1 fully saturated rings. The number of hydrogen-bond acceptors (Lipinski definition) is 4. The number of benzene rings is 2. The molecular formula is C21H21ClN2OS2. The number of halogens is 1. The second kappa shape index (κ2) is 8.23. The maximum atomic E-state index is 12.9. The molecule has 1 aliphatic rings. The van der Waals surface area contributed by atoms with E-state index in [1.165, 1.54) is 28.4 Å². The highest BCUT2D eigenvalue weighted by Gasteiger charge is 2.18. The van der Waals surface area contributed by atoms with Crippen molar-refractivity contribution in [2.24, 2.45) is 0 Å². The van der Waals surface area contributed by atoms with Crippen molar-refractivity contribution in [1.29, 1.82) is 0 Å². The summed E-state index contributed by atoms with van der Waals surface area (Å²) in [5, 5.41) is 4.54. The van der Waals surface area contributed by atoms with E-state index in [1.54, 1.807) is 0 Å². The SMILES string of the molecule is Cc1ccc(CN2CCSCC2)cc1NC(=O)c1sc2ccccc2c1Cl. The lowest BCUT2D eigenvalue weighted by Crippen LogP contribution is -2.32. The summed E-state index contributed by atoms with van der Waals surface area (Å²) < 4.78 is 1.03. The zero-order valence-corrected chi connectivity index (χ0v) is 17.5. The number of anilines is 1. The molecule has 1 saturated heterocycles. The Morgan fingerprint density at radius 3 is 2.74 bits per heavy atom. The van der Waals surface area contributed by atoms with E-state index in [0.29, 0.717) is 9.90 Å². The summed E-state index contributed by atoms with van der Waals surface area (Å²) >= 11 is 9.91. The Balaban J connectivity index is 1.54. The molecule has 1 N–H and O–H groups in total. The minimum Gasteiger partial charge on any atom is -0.321 e. The van der Waals surface area contributed by atoms with Crippen LogP contribution in [0.4, 0.5) is 5.69 Å². The van der Waals surface area contributed by atoms with Gasteiger partial charge in [0.15, 0.2) is 0 Å². The van der Waals surface area contributed by atoms with Gasteiger partial charge < -0.3 is 5.32 Å². The van der Waals surface area contributed by atoms with Crippen LogP contribution in [0.2, 0.25) is 5.02 Å². The molecule has 2 heterocycles. The first-order valence-corrected chi connectivity index (χ1v) is 11.3. The number of nitrogens with one attached hydrogen (secondary N) is 1. The van der Waals surface area contributed by atoms with Gasteiger partial charge in [0.25, 0.3) is 5.91 Å². The van der Waals surface area contributed by atoms with E-state index in [1.807, 2.05) is 43.0 Å². The van der Waals surface area contributed by atoms with Crippen molar-refractivity contribution in [3.63, 3.8) is 0 Å². The van der Waals surface area contributed by atoms with Crippen molar-refractivity contribution in [3.8, 4) is 0 Å². The van der Waals surface area contributed by atoms with E-state index in [4.69, 9.17) is 11.6 Å². The predicted octanol–water partition coefficient (Wildman–Crippen LogP) is 5.66. The summed E-state index contributed by atoms with van der Waals surface area (Å²) in [5.41, 5.74) is 3.14. The van der Waals surface area contributed by atoms with E-state index in [9.17, 15) is 4.79 Å². The molecule has 1 aliphatic heterocycles. The molecular weight excluding hydrogens is 396 g/mol. The average Bonchev–Trinajstić information content (AvgIpc) is 3.02. The maximum Gasteiger partial charge on any atom is 0.267 e. The standard InChI is InChI=1S/C21H21ClN2OS2/c1-14-6-7-15(13-24-8-10-26-11-9-24)12-17(14)23-21(25)20-19(22)16-4-2-3-5-18(16)27-20/h2-7,12H,8-11,13H2,1H3,(H,23,25). The van der Waals surface area contributed by atoms with E-state index >= 15 is 0 Å². The summed E-state index contributed by atoms with van der Waals surface area (Å²) in [7, 11) is 0. The average molecular weight is 417 g/mol. The topological polar surface area (TPSA) is 32.3 Å². The lowest BCUT2D eigenvalue weighted by molar-refractivity contribution is 0.103. The van der Waals surface area contributed by atoms with E-state index in [0.717, 1.165) is 41.0 Å². The van der Waals surface area contributed by atoms with Crippen LogP contribution < -0.4 is 5.32 Å². The molecule has 3 nitrogen and oxygen atoms in total. The number of carbonyl (C=O) groups excluding carboxylic acids is 1. The highest BCUT2D eigenvalue weighted by molar-refractivity contribution is 7.99. The van der Waals surface area contributed by atoms with Gasteiger partial charge in [0, 0.05) is 46.9 Å². The zero-order valence-electron chi connectivity index (χ0n) is 15.1. The summed E-state index contributed by atoms with van der Waals surface area (Å²) in [6.07, 6.45) is 0. The van der Waals surface area contributed by atoms with Crippen molar-refractivity contribution >= 4 is 56.4 Å². The maximum absolute atomic E-state index is 12.9. The van der Waals surface area contributed by atoms with Crippen LogP contribution in [-0.2, 0) is 6.54 Å². The number of amides is 1. The van der Waals surface area contributed by atoms with Crippen molar-refractivity contribution in [3.05, 3.63) is 63.5 Å². The number of nitrogens with zero attached hydrogens (tertiary/aromatic N) is 1. The number of hydrogen-bond donors (Lipinski definition) is 1. The van der Waals surface area contributed by atoms with Crippen LogP contribution in [-0.4, -0.2) is 35.4 Å². The Morgan fingerprint density at radius 1 is 1.19 bits per heavy atom. The minimum absolute atomic E-state index is 0.143.